The van der Waals surface area contributed by atoms with E-state index in [0.29, 0.717) is 0 Å². The molecule has 1 unspecified atom stereocenters. The second kappa shape index (κ2) is 5.41. The van der Waals surface area contributed by atoms with Crippen LogP contribution in [-0.4, -0.2) is 12.5 Å². The molecule has 1 aromatic carbocycles. The van der Waals surface area contributed by atoms with E-state index in [1.165, 1.54) is 16.7 Å². The van der Waals surface area contributed by atoms with Gasteiger partial charge < -0.3 is 4.74 Å². The van der Waals surface area contributed by atoms with Crippen molar-refractivity contribution < 1.29 is 4.74 Å². The van der Waals surface area contributed by atoms with Crippen LogP contribution in [0.25, 0.3) is 0 Å². The number of methoxy groups -OCH3 is 1. The Morgan fingerprint density at radius 3 is 2.53 bits per heavy atom. The first-order chi connectivity index (χ1) is 7.04. The maximum absolute atomic E-state index is 5.97. The van der Waals surface area contributed by atoms with Gasteiger partial charge in [-0.05, 0) is 56.4 Å². The van der Waals surface area contributed by atoms with Gasteiger partial charge in [0.05, 0.1) is 7.11 Å². The highest BCUT2D eigenvalue weighted by molar-refractivity contribution is 6.20. The van der Waals surface area contributed by atoms with Crippen molar-refractivity contribution in [2.45, 2.75) is 39.0 Å². The van der Waals surface area contributed by atoms with Gasteiger partial charge in [0.1, 0.15) is 5.75 Å². The SMILES string of the molecule is COc1cc(C)cc(C)c1CCC(C)Cl. The lowest BCUT2D eigenvalue weighted by molar-refractivity contribution is 0.408. The molecular weight excluding hydrogens is 208 g/mol. The van der Waals surface area contributed by atoms with Gasteiger partial charge in [-0.1, -0.05) is 6.07 Å². The van der Waals surface area contributed by atoms with E-state index in [1.54, 1.807) is 7.11 Å². The highest BCUT2D eigenvalue weighted by atomic mass is 35.5. The molecular formula is C13H19ClO. The smallest absolute Gasteiger partial charge is 0.122 e. The van der Waals surface area contributed by atoms with Crippen LogP contribution in [0.5, 0.6) is 5.75 Å². The van der Waals surface area contributed by atoms with Crippen molar-refractivity contribution in [1.29, 1.82) is 0 Å². The maximum Gasteiger partial charge on any atom is 0.122 e. The monoisotopic (exact) mass is 226 g/mol. The summed E-state index contributed by atoms with van der Waals surface area (Å²) in [6, 6.07) is 4.28. The van der Waals surface area contributed by atoms with E-state index in [4.69, 9.17) is 16.3 Å². The molecule has 1 rings (SSSR count). The molecule has 0 aliphatic heterocycles. The summed E-state index contributed by atoms with van der Waals surface area (Å²) in [7, 11) is 1.72. The number of hydrogen-bond acceptors (Lipinski definition) is 1. The molecule has 0 saturated heterocycles. The van der Waals surface area contributed by atoms with Crippen LogP contribution >= 0.6 is 11.6 Å². The molecule has 0 amide bonds. The summed E-state index contributed by atoms with van der Waals surface area (Å²) in [5.41, 5.74) is 3.83. The van der Waals surface area contributed by atoms with Gasteiger partial charge in [-0.15, -0.1) is 11.6 Å². The first-order valence-electron chi connectivity index (χ1n) is 5.32. The number of halogens is 1. The van der Waals surface area contributed by atoms with E-state index >= 15 is 0 Å². The molecule has 0 spiro atoms. The molecule has 1 atom stereocenters. The number of aryl methyl sites for hydroxylation is 2. The van der Waals surface area contributed by atoms with Gasteiger partial charge in [-0.25, -0.2) is 0 Å². The summed E-state index contributed by atoms with van der Waals surface area (Å²) >= 11 is 5.97. The zero-order valence-corrected chi connectivity index (χ0v) is 10.7. The Labute approximate surface area is 97.4 Å². The lowest BCUT2D eigenvalue weighted by Crippen LogP contribution is -2.00. The molecule has 1 nitrogen and oxygen atoms in total. The van der Waals surface area contributed by atoms with Gasteiger partial charge in [0.15, 0.2) is 0 Å². The van der Waals surface area contributed by atoms with Crippen LogP contribution in [0.4, 0.5) is 0 Å². The van der Waals surface area contributed by atoms with Crippen LogP contribution in [0.2, 0.25) is 0 Å². The number of benzene rings is 1. The van der Waals surface area contributed by atoms with Crippen LogP contribution in [0.1, 0.15) is 30.0 Å². The van der Waals surface area contributed by atoms with Gasteiger partial charge >= 0.3 is 0 Å². The van der Waals surface area contributed by atoms with E-state index in [9.17, 15) is 0 Å². The lowest BCUT2D eigenvalue weighted by atomic mass is 9.99. The van der Waals surface area contributed by atoms with Crippen LogP contribution in [0.3, 0.4) is 0 Å². The van der Waals surface area contributed by atoms with E-state index in [-0.39, 0.29) is 5.38 Å². The van der Waals surface area contributed by atoms with Crippen LogP contribution in [0.15, 0.2) is 12.1 Å². The minimum atomic E-state index is 0.218. The van der Waals surface area contributed by atoms with Crippen LogP contribution in [-0.2, 0) is 6.42 Å². The zero-order chi connectivity index (χ0) is 11.4. The molecule has 0 heterocycles. The fourth-order valence-corrected chi connectivity index (χ4v) is 1.91. The highest BCUT2D eigenvalue weighted by Gasteiger charge is 2.08. The number of hydrogen-bond donors (Lipinski definition) is 0. The predicted molar refractivity (Wildman–Crippen MR) is 66.1 cm³/mol. The minimum Gasteiger partial charge on any atom is -0.496 e. The Bertz CT molecular complexity index is 332. The summed E-state index contributed by atoms with van der Waals surface area (Å²) in [6.45, 7) is 6.24. The normalized spacial score (nSPS) is 12.6. The topological polar surface area (TPSA) is 9.23 Å². The third-order valence-electron chi connectivity index (χ3n) is 2.59. The van der Waals surface area contributed by atoms with E-state index in [0.717, 1.165) is 18.6 Å². The molecule has 15 heavy (non-hydrogen) atoms. The van der Waals surface area contributed by atoms with Gasteiger partial charge in [-0.3, -0.25) is 0 Å². The van der Waals surface area contributed by atoms with E-state index in [2.05, 4.69) is 26.0 Å². The van der Waals surface area contributed by atoms with Crippen LogP contribution in [0, 0.1) is 13.8 Å². The van der Waals surface area contributed by atoms with Gasteiger partial charge in [0.2, 0.25) is 0 Å². The number of alkyl halides is 1. The van der Waals surface area contributed by atoms with Crippen molar-refractivity contribution in [3.8, 4) is 5.75 Å². The average molecular weight is 227 g/mol. The quantitative estimate of drug-likeness (QED) is 0.709. The van der Waals surface area contributed by atoms with Gasteiger partial charge in [0.25, 0.3) is 0 Å². The summed E-state index contributed by atoms with van der Waals surface area (Å²) in [5, 5.41) is 0.218. The Balaban J connectivity index is 2.93. The summed E-state index contributed by atoms with van der Waals surface area (Å²) in [5.74, 6) is 0.991. The molecule has 2 heteroatoms. The Morgan fingerprint density at radius 2 is 2.00 bits per heavy atom. The molecule has 0 aromatic heterocycles. The molecule has 0 N–H and O–H groups in total. The molecule has 0 bridgehead atoms. The van der Waals surface area contributed by atoms with E-state index < -0.39 is 0 Å². The minimum absolute atomic E-state index is 0.218. The molecule has 0 fully saturated rings. The standard InChI is InChI=1S/C13H19ClO/c1-9-7-10(2)12(6-5-11(3)14)13(8-9)15-4/h7-8,11H,5-6H2,1-4H3. The Kier molecular flexibility index (Phi) is 4.46. The first kappa shape index (κ1) is 12.4. The molecule has 0 radical (unpaired) electrons. The zero-order valence-electron chi connectivity index (χ0n) is 9.93. The van der Waals surface area contributed by atoms with Crippen LogP contribution < -0.4 is 4.74 Å². The van der Waals surface area contributed by atoms with Crippen molar-refractivity contribution in [3.05, 3.63) is 28.8 Å². The third kappa shape index (κ3) is 3.42. The lowest BCUT2D eigenvalue weighted by Gasteiger charge is -2.13. The fourth-order valence-electron chi connectivity index (χ4n) is 1.80. The van der Waals surface area contributed by atoms with Crippen molar-refractivity contribution >= 4 is 11.6 Å². The fraction of sp³-hybridized carbons (Fsp3) is 0.538. The van der Waals surface area contributed by atoms with E-state index in [1.807, 2.05) is 6.92 Å². The van der Waals surface area contributed by atoms with Gasteiger partial charge in [0, 0.05) is 5.38 Å². The average Bonchev–Trinajstić information content (AvgIpc) is 2.14. The highest BCUT2D eigenvalue weighted by Crippen LogP contribution is 2.26. The summed E-state index contributed by atoms with van der Waals surface area (Å²) < 4.78 is 5.40. The molecule has 84 valence electrons. The number of ether oxygens (including phenoxy) is 1. The molecule has 1 aromatic rings. The first-order valence-corrected chi connectivity index (χ1v) is 5.76. The molecule has 0 saturated carbocycles. The van der Waals surface area contributed by atoms with Crippen molar-refractivity contribution in [3.63, 3.8) is 0 Å². The maximum atomic E-state index is 5.97. The predicted octanol–water partition coefficient (Wildman–Crippen LogP) is 3.87. The third-order valence-corrected chi connectivity index (χ3v) is 2.81. The Morgan fingerprint density at radius 1 is 1.33 bits per heavy atom. The largest absolute Gasteiger partial charge is 0.496 e. The second-order valence-corrected chi connectivity index (χ2v) is 4.83. The Hall–Kier alpha value is -0.690. The molecule has 0 aliphatic rings. The van der Waals surface area contributed by atoms with Crippen molar-refractivity contribution in [2.75, 3.05) is 7.11 Å². The molecule has 0 aliphatic carbocycles. The van der Waals surface area contributed by atoms with Gasteiger partial charge in [-0.2, -0.15) is 0 Å². The van der Waals surface area contributed by atoms with Crippen molar-refractivity contribution in [1.82, 2.24) is 0 Å². The second-order valence-electron chi connectivity index (χ2n) is 4.08. The van der Waals surface area contributed by atoms with Crippen molar-refractivity contribution in [2.24, 2.45) is 0 Å². The summed E-state index contributed by atoms with van der Waals surface area (Å²) in [6.07, 6.45) is 1.97. The number of rotatable bonds is 4. The summed E-state index contributed by atoms with van der Waals surface area (Å²) in [4.78, 5) is 0.